The van der Waals surface area contributed by atoms with Crippen molar-refractivity contribution in [1.29, 1.82) is 0 Å². The molecule has 5 heteroatoms. The topological polar surface area (TPSA) is 9.23 Å². The van der Waals surface area contributed by atoms with E-state index >= 15 is 0 Å². The van der Waals surface area contributed by atoms with E-state index in [0.29, 0.717) is 5.75 Å². The molecule has 0 aliphatic heterocycles. The molecule has 0 radical (unpaired) electrons. The summed E-state index contributed by atoms with van der Waals surface area (Å²) in [5, 5.41) is 0. The Labute approximate surface area is 74.7 Å². The number of halogens is 3. The van der Waals surface area contributed by atoms with Crippen LogP contribution in [0.25, 0.3) is 0 Å². The summed E-state index contributed by atoms with van der Waals surface area (Å²) < 4.78 is 39.6. The van der Waals surface area contributed by atoms with Crippen molar-refractivity contribution in [2.75, 3.05) is 24.8 Å². The molecule has 0 spiro atoms. The van der Waals surface area contributed by atoms with Crippen LogP contribution >= 0.6 is 11.8 Å². The molecule has 0 fully saturated rings. The summed E-state index contributed by atoms with van der Waals surface area (Å²) in [6.07, 6.45) is -2.59. The van der Waals surface area contributed by atoms with Crippen LogP contribution in [0.4, 0.5) is 13.2 Å². The summed E-state index contributed by atoms with van der Waals surface area (Å²) in [4.78, 5) is 0. The monoisotopic (exact) mass is 202 g/mol. The summed E-state index contributed by atoms with van der Waals surface area (Å²) in [5.41, 5.74) is 0. The quantitative estimate of drug-likeness (QED) is 0.587. The first-order valence-corrected chi connectivity index (χ1v) is 4.93. The summed E-state index contributed by atoms with van der Waals surface area (Å²) in [6, 6.07) is 0. The molecule has 0 aromatic carbocycles. The lowest BCUT2D eigenvalue weighted by Crippen LogP contribution is -2.24. The van der Waals surface area contributed by atoms with Gasteiger partial charge in [-0.25, -0.2) is 4.39 Å². The zero-order valence-corrected chi connectivity index (χ0v) is 7.80. The Kier molecular flexibility index (Phi) is 6.65. The average molecular weight is 202 g/mol. The Morgan fingerprint density at radius 1 is 1.33 bits per heavy atom. The first-order valence-electron chi connectivity index (χ1n) is 3.78. The lowest BCUT2D eigenvalue weighted by Gasteiger charge is -2.12. The lowest BCUT2D eigenvalue weighted by atomic mass is 10.6. The van der Waals surface area contributed by atoms with E-state index in [1.54, 1.807) is 0 Å². The highest BCUT2D eigenvalue weighted by atomic mass is 32.2. The van der Waals surface area contributed by atoms with Crippen LogP contribution in [0.15, 0.2) is 0 Å². The zero-order valence-electron chi connectivity index (χ0n) is 6.99. The molecule has 0 N–H and O–H groups in total. The fraction of sp³-hybridized carbons (Fsp3) is 1.00. The van der Waals surface area contributed by atoms with Gasteiger partial charge in [-0.3, -0.25) is 0 Å². The highest BCUT2D eigenvalue weighted by molar-refractivity contribution is 7.99. The maximum Gasteiger partial charge on any atom is 0.384 e. The second kappa shape index (κ2) is 6.60. The van der Waals surface area contributed by atoms with Crippen molar-refractivity contribution in [2.45, 2.75) is 19.5 Å². The van der Waals surface area contributed by atoms with E-state index in [1.807, 2.05) is 6.92 Å². The molecule has 0 aliphatic rings. The number of rotatable bonds is 7. The van der Waals surface area contributed by atoms with Crippen LogP contribution in [0.5, 0.6) is 0 Å². The van der Waals surface area contributed by atoms with Gasteiger partial charge in [0.15, 0.2) is 6.67 Å². The normalized spacial score (nSPS) is 12.0. The fourth-order valence-corrected chi connectivity index (χ4v) is 1.23. The molecule has 0 unspecified atom stereocenters. The van der Waals surface area contributed by atoms with Crippen LogP contribution < -0.4 is 0 Å². The van der Waals surface area contributed by atoms with Crippen LogP contribution in [0, 0.1) is 0 Å². The SMILES string of the molecule is CCCSCCOC(F)(F)CF. The molecule has 0 aromatic heterocycles. The average Bonchev–Trinajstić information content (AvgIpc) is 2.04. The molecular formula is C7H13F3OS. The van der Waals surface area contributed by atoms with Gasteiger partial charge < -0.3 is 4.74 Å². The molecule has 0 saturated heterocycles. The Morgan fingerprint density at radius 2 is 2.00 bits per heavy atom. The van der Waals surface area contributed by atoms with Crippen LogP contribution in [0.3, 0.4) is 0 Å². The van der Waals surface area contributed by atoms with E-state index in [2.05, 4.69) is 4.74 Å². The Balaban J connectivity index is 3.19. The van der Waals surface area contributed by atoms with Gasteiger partial charge in [0.05, 0.1) is 6.61 Å². The zero-order chi connectivity index (χ0) is 9.45. The van der Waals surface area contributed by atoms with Crippen molar-refractivity contribution < 1.29 is 17.9 Å². The summed E-state index contributed by atoms with van der Waals surface area (Å²) >= 11 is 1.52. The minimum absolute atomic E-state index is 0.0956. The van der Waals surface area contributed by atoms with Crippen LogP contribution in [0.2, 0.25) is 0 Å². The second-order valence-electron chi connectivity index (χ2n) is 2.23. The van der Waals surface area contributed by atoms with E-state index in [0.717, 1.165) is 12.2 Å². The van der Waals surface area contributed by atoms with Crippen molar-refractivity contribution in [2.24, 2.45) is 0 Å². The number of hydrogen-bond donors (Lipinski definition) is 0. The maximum absolute atomic E-state index is 12.1. The van der Waals surface area contributed by atoms with E-state index in [1.165, 1.54) is 11.8 Å². The van der Waals surface area contributed by atoms with Crippen LogP contribution in [-0.4, -0.2) is 30.9 Å². The molecule has 0 heterocycles. The molecule has 0 aromatic rings. The summed E-state index contributed by atoms with van der Waals surface area (Å²) in [7, 11) is 0. The van der Waals surface area contributed by atoms with Gasteiger partial charge in [0.25, 0.3) is 0 Å². The van der Waals surface area contributed by atoms with Crippen molar-refractivity contribution in [3.63, 3.8) is 0 Å². The van der Waals surface area contributed by atoms with Gasteiger partial charge in [0.1, 0.15) is 0 Å². The van der Waals surface area contributed by atoms with E-state index < -0.39 is 12.8 Å². The van der Waals surface area contributed by atoms with Gasteiger partial charge in [-0.2, -0.15) is 20.5 Å². The molecule has 74 valence electrons. The van der Waals surface area contributed by atoms with E-state index in [4.69, 9.17) is 0 Å². The minimum atomic E-state index is -3.59. The molecule has 0 rings (SSSR count). The van der Waals surface area contributed by atoms with Gasteiger partial charge in [-0.15, -0.1) is 0 Å². The van der Waals surface area contributed by atoms with Crippen LogP contribution in [-0.2, 0) is 4.74 Å². The van der Waals surface area contributed by atoms with Gasteiger partial charge in [0, 0.05) is 5.75 Å². The van der Waals surface area contributed by atoms with Crippen molar-refractivity contribution >= 4 is 11.8 Å². The molecule has 12 heavy (non-hydrogen) atoms. The number of alkyl halides is 3. The Morgan fingerprint density at radius 3 is 2.50 bits per heavy atom. The van der Waals surface area contributed by atoms with Gasteiger partial charge in [-0.1, -0.05) is 6.92 Å². The summed E-state index contributed by atoms with van der Waals surface area (Å²) in [6.45, 7) is 0.164. The third kappa shape index (κ3) is 6.79. The highest BCUT2D eigenvalue weighted by Crippen LogP contribution is 2.16. The molecule has 1 nitrogen and oxygen atoms in total. The highest BCUT2D eigenvalue weighted by Gasteiger charge is 2.29. The second-order valence-corrected chi connectivity index (χ2v) is 3.46. The lowest BCUT2D eigenvalue weighted by molar-refractivity contribution is -0.242. The maximum atomic E-state index is 12.1. The minimum Gasteiger partial charge on any atom is -0.318 e. The van der Waals surface area contributed by atoms with Gasteiger partial charge in [0.2, 0.25) is 0 Å². The van der Waals surface area contributed by atoms with Crippen molar-refractivity contribution in [3.8, 4) is 0 Å². The molecule has 0 bridgehead atoms. The molecule has 0 amide bonds. The molecule has 0 saturated carbocycles. The summed E-state index contributed by atoms with van der Waals surface area (Å²) in [5.74, 6) is 1.41. The largest absolute Gasteiger partial charge is 0.384 e. The van der Waals surface area contributed by atoms with E-state index in [9.17, 15) is 13.2 Å². The predicted octanol–water partition coefficient (Wildman–Crippen LogP) is 2.71. The Bertz CT molecular complexity index is 111. The van der Waals surface area contributed by atoms with E-state index in [-0.39, 0.29) is 6.61 Å². The number of ether oxygens (including phenoxy) is 1. The first-order chi connectivity index (χ1) is 5.62. The Hall–Kier alpha value is 0.100. The number of thioether (sulfide) groups is 1. The first kappa shape index (κ1) is 12.1. The smallest absolute Gasteiger partial charge is 0.318 e. The fourth-order valence-electron chi connectivity index (χ4n) is 0.535. The standard InChI is InChI=1S/C7H13F3OS/c1-2-4-12-5-3-11-7(9,10)6-8/h2-6H2,1H3. The van der Waals surface area contributed by atoms with Gasteiger partial charge in [-0.05, 0) is 12.2 Å². The predicted molar refractivity (Wildman–Crippen MR) is 44.5 cm³/mol. The van der Waals surface area contributed by atoms with Crippen molar-refractivity contribution in [3.05, 3.63) is 0 Å². The van der Waals surface area contributed by atoms with Gasteiger partial charge >= 0.3 is 6.11 Å². The van der Waals surface area contributed by atoms with Crippen LogP contribution in [0.1, 0.15) is 13.3 Å². The third-order valence-electron chi connectivity index (χ3n) is 1.04. The molecule has 0 aliphatic carbocycles. The van der Waals surface area contributed by atoms with Crippen molar-refractivity contribution in [1.82, 2.24) is 0 Å². The third-order valence-corrected chi connectivity index (χ3v) is 2.20. The molecular weight excluding hydrogens is 189 g/mol. The molecule has 0 atom stereocenters. The number of hydrogen-bond acceptors (Lipinski definition) is 2.